The fourth-order valence-electron chi connectivity index (χ4n) is 2.34. The van der Waals surface area contributed by atoms with Crippen LogP contribution in [0.3, 0.4) is 0 Å². The normalized spacial score (nSPS) is 11.0. The Morgan fingerprint density at radius 3 is 2.43 bits per heavy atom. The molecule has 1 amide bonds. The number of aromatic nitrogens is 1. The van der Waals surface area contributed by atoms with Gasteiger partial charge >= 0.3 is 6.36 Å². The van der Waals surface area contributed by atoms with Crippen LogP contribution in [-0.2, 0) is 6.54 Å². The Hall–Kier alpha value is -3.55. The highest BCUT2D eigenvalue weighted by atomic mass is 19.4. The van der Waals surface area contributed by atoms with Gasteiger partial charge in [0.2, 0.25) is 5.88 Å². The molecule has 0 unspecified atom stereocenters. The topological polar surface area (TPSA) is 60.5 Å². The van der Waals surface area contributed by atoms with Gasteiger partial charge in [-0.3, -0.25) is 4.79 Å². The van der Waals surface area contributed by atoms with Gasteiger partial charge in [0.1, 0.15) is 11.5 Å². The molecule has 28 heavy (non-hydrogen) atoms. The number of nitrogens with zero attached hydrogens (tertiary/aromatic N) is 1. The molecule has 2 aromatic carbocycles. The molecule has 0 saturated heterocycles. The molecule has 144 valence electrons. The second-order valence-electron chi connectivity index (χ2n) is 5.67. The first-order chi connectivity index (χ1) is 13.4. The Labute approximate surface area is 158 Å². The Balaban J connectivity index is 1.58. The number of benzene rings is 2. The largest absolute Gasteiger partial charge is 0.573 e. The minimum Gasteiger partial charge on any atom is -0.439 e. The first kappa shape index (κ1) is 19.2. The van der Waals surface area contributed by atoms with Gasteiger partial charge in [-0.2, -0.15) is 0 Å². The number of carbonyl (C=O) groups excluding carboxylic acids is 1. The van der Waals surface area contributed by atoms with Crippen LogP contribution in [0.4, 0.5) is 13.2 Å². The van der Waals surface area contributed by atoms with Gasteiger partial charge in [0.25, 0.3) is 5.91 Å². The molecule has 1 aromatic heterocycles. The SMILES string of the molecule is O=C(NCc1cccc(Oc2ccccn2)c1)c1ccc(OC(F)(F)F)cc1. The molecule has 0 aliphatic carbocycles. The van der Waals surface area contributed by atoms with Gasteiger partial charge < -0.3 is 14.8 Å². The fraction of sp³-hybridized carbons (Fsp3) is 0.100. The summed E-state index contributed by atoms with van der Waals surface area (Å²) in [5.41, 5.74) is 1.01. The van der Waals surface area contributed by atoms with Gasteiger partial charge in [0.15, 0.2) is 0 Å². The molecule has 0 saturated carbocycles. The molecule has 0 fully saturated rings. The Morgan fingerprint density at radius 2 is 1.75 bits per heavy atom. The Kier molecular flexibility index (Phi) is 5.78. The summed E-state index contributed by atoms with van der Waals surface area (Å²) in [6.45, 7) is 0.221. The molecule has 0 aliphatic heterocycles. The lowest BCUT2D eigenvalue weighted by atomic mass is 10.2. The lowest BCUT2D eigenvalue weighted by Gasteiger charge is -2.10. The molecular weight excluding hydrogens is 373 g/mol. The van der Waals surface area contributed by atoms with Gasteiger partial charge in [-0.1, -0.05) is 18.2 Å². The zero-order chi connectivity index (χ0) is 20.0. The standard InChI is InChI=1S/C20H15F3N2O3/c21-20(22,23)28-16-9-7-15(8-10-16)19(26)25-13-14-4-3-5-17(12-14)27-18-6-1-2-11-24-18/h1-12H,13H2,(H,25,26). The lowest BCUT2D eigenvalue weighted by Crippen LogP contribution is -2.23. The van der Waals surface area contributed by atoms with Crippen LogP contribution in [-0.4, -0.2) is 17.3 Å². The maximum absolute atomic E-state index is 12.2. The van der Waals surface area contributed by atoms with Crippen LogP contribution in [0.1, 0.15) is 15.9 Å². The van der Waals surface area contributed by atoms with Crippen molar-refractivity contribution in [1.82, 2.24) is 10.3 Å². The highest BCUT2D eigenvalue weighted by molar-refractivity contribution is 5.94. The van der Waals surface area contributed by atoms with E-state index in [4.69, 9.17) is 4.74 Å². The van der Waals surface area contributed by atoms with Gasteiger partial charge in [-0.15, -0.1) is 13.2 Å². The van der Waals surface area contributed by atoms with E-state index >= 15 is 0 Å². The summed E-state index contributed by atoms with van der Waals surface area (Å²) in [6.07, 6.45) is -3.16. The highest BCUT2D eigenvalue weighted by Crippen LogP contribution is 2.23. The highest BCUT2D eigenvalue weighted by Gasteiger charge is 2.31. The molecule has 0 spiro atoms. The Bertz CT molecular complexity index is 929. The van der Waals surface area contributed by atoms with E-state index in [2.05, 4.69) is 15.0 Å². The van der Waals surface area contributed by atoms with Gasteiger partial charge in [0.05, 0.1) is 0 Å². The molecule has 1 heterocycles. The van der Waals surface area contributed by atoms with E-state index in [-0.39, 0.29) is 17.9 Å². The number of rotatable bonds is 6. The van der Waals surface area contributed by atoms with E-state index in [1.54, 1.807) is 42.6 Å². The summed E-state index contributed by atoms with van der Waals surface area (Å²) in [4.78, 5) is 16.2. The van der Waals surface area contributed by atoms with Crippen molar-refractivity contribution in [2.45, 2.75) is 12.9 Å². The van der Waals surface area contributed by atoms with Crippen molar-refractivity contribution >= 4 is 5.91 Å². The van der Waals surface area contributed by atoms with Crippen molar-refractivity contribution in [3.05, 3.63) is 84.1 Å². The average molecular weight is 388 g/mol. The van der Waals surface area contributed by atoms with Crippen molar-refractivity contribution in [3.63, 3.8) is 0 Å². The second kappa shape index (κ2) is 8.43. The first-order valence-corrected chi connectivity index (χ1v) is 8.21. The van der Waals surface area contributed by atoms with Crippen LogP contribution in [0, 0.1) is 0 Å². The van der Waals surface area contributed by atoms with Crippen LogP contribution < -0.4 is 14.8 Å². The molecule has 1 N–H and O–H groups in total. The first-order valence-electron chi connectivity index (χ1n) is 8.21. The van der Waals surface area contributed by atoms with Crippen LogP contribution in [0.15, 0.2) is 72.9 Å². The number of hydrogen-bond acceptors (Lipinski definition) is 4. The van der Waals surface area contributed by atoms with E-state index in [0.29, 0.717) is 11.6 Å². The number of hydrogen-bond donors (Lipinski definition) is 1. The van der Waals surface area contributed by atoms with Crippen LogP contribution >= 0.6 is 0 Å². The number of alkyl halides is 3. The third-order valence-electron chi connectivity index (χ3n) is 3.56. The van der Waals surface area contributed by atoms with Crippen LogP contribution in [0.2, 0.25) is 0 Å². The summed E-state index contributed by atoms with van der Waals surface area (Å²) in [5, 5.41) is 2.70. The molecule has 5 nitrogen and oxygen atoms in total. The van der Waals surface area contributed by atoms with Gasteiger partial charge in [0, 0.05) is 24.4 Å². The number of carbonyl (C=O) groups is 1. The molecule has 0 atom stereocenters. The molecule has 0 bridgehead atoms. The number of nitrogens with one attached hydrogen (secondary N) is 1. The maximum atomic E-state index is 12.2. The molecule has 0 aliphatic rings. The van der Waals surface area contributed by atoms with Crippen molar-refractivity contribution in [1.29, 1.82) is 0 Å². The van der Waals surface area contributed by atoms with Crippen LogP contribution in [0.5, 0.6) is 17.4 Å². The minimum atomic E-state index is -4.77. The zero-order valence-corrected chi connectivity index (χ0v) is 14.4. The number of ether oxygens (including phenoxy) is 2. The summed E-state index contributed by atoms with van der Waals surface area (Å²) < 4.78 is 45.9. The van der Waals surface area contributed by atoms with E-state index < -0.39 is 12.3 Å². The molecule has 8 heteroatoms. The van der Waals surface area contributed by atoms with Crippen molar-refractivity contribution < 1.29 is 27.4 Å². The Morgan fingerprint density at radius 1 is 0.964 bits per heavy atom. The van der Waals surface area contributed by atoms with Gasteiger partial charge in [-0.05, 0) is 48.0 Å². The molecular formula is C20H15F3N2O3. The third-order valence-corrected chi connectivity index (χ3v) is 3.56. The van der Waals surface area contributed by atoms with Crippen molar-refractivity contribution in [3.8, 4) is 17.4 Å². The van der Waals surface area contributed by atoms with Crippen molar-refractivity contribution in [2.24, 2.45) is 0 Å². The van der Waals surface area contributed by atoms with Crippen LogP contribution in [0.25, 0.3) is 0 Å². The number of amides is 1. The van der Waals surface area contributed by atoms with E-state index in [1.165, 1.54) is 12.1 Å². The molecule has 3 aromatic rings. The monoisotopic (exact) mass is 388 g/mol. The molecule has 0 radical (unpaired) electrons. The maximum Gasteiger partial charge on any atom is 0.573 e. The summed E-state index contributed by atoms with van der Waals surface area (Å²) in [6, 6.07) is 17.1. The zero-order valence-electron chi connectivity index (χ0n) is 14.4. The summed E-state index contributed by atoms with van der Waals surface area (Å²) in [5.74, 6) is 0.210. The van der Waals surface area contributed by atoms with Gasteiger partial charge in [-0.25, -0.2) is 4.98 Å². The second-order valence-corrected chi connectivity index (χ2v) is 5.67. The molecule has 3 rings (SSSR count). The predicted octanol–water partition coefficient (Wildman–Crippen LogP) is 4.70. The van der Waals surface area contributed by atoms with E-state index in [9.17, 15) is 18.0 Å². The number of pyridine rings is 1. The van der Waals surface area contributed by atoms with E-state index in [0.717, 1.165) is 17.7 Å². The lowest BCUT2D eigenvalue weighted by molar-refractivity contribution is -0.274. The predicted molar refractivity (Wildman–Crippen MR) is 95.0 cm³/mol. The fourth-order valence-corrected chi connectivity index (χ4v) is 2.34. The van der Waals surface area contributed by atoms with E-state index in [1.807, 2.05) is 6.07 Å². The van der Waals surface area contributed by atoms with Crippen molar-refractivity contribution in [2.75, 3.05) is 0 Å². The minimum absolute atomic E-state index is 0.218. The number of halogens is 3. The average Bonchev–Trinajstić information content (AvgIpc) is 2.66. The quantitative estimate of drug-likeness (QED) is 0.665. The summed E-state index contributed by atoms with van der Waals surface area (Å²) in [7, 11) is 0. The third kappa shape index (κ3) is 5.73. The smallest absolute Gasteiger partial charge is 0.439 e. The summed E-state index contributed by atoms with van der Waals surface area (Å²) >= 11 is 0.